The van der Waals surface area contributed by atoms with E-state index in [9.17, 15) is 0 Å². The van der Waals surface area contributed by atoms with Crippen LogP contribution in [0.1, 0.15) is 52.4 Å². The van der Waals surface area contributed by atoms with Gasteiger partial charge in [0.1, 0.15) is 0 Å². The fourth-order valence-electron chi connectivity index (χ4n) is 1.92. The Balaban J connectivity index is 3.44. The molecule has 0 rings (SSSR count). The van der Waals surface area contributed by atoms with E-state index in [1.807, 2.05) is 0 Å². The Hall–Kier alpha value is -0.0800. The van der Waals surface area contributed by atoms with Gasteiger partial charge in [-0.05, 0) is 25.3 Å². The molecule has 0 spiro atoms. The van der Waals surface area contributed by atoms with Crippen LogP contribution in [0.4, 0.5) is 0 Å². The van der Waals surface area contributed by atoms with Gasteiger partial charge in [-0.3, -0.25) is 0 Å². The number of methoxy groups -OCH3 is 1. The molecule has 0 aliphatic carbocycles. The summed E-state index contributed by atoms with van der Waals surface area (Å²) in [6, 6.07) is 0. The quantitative estimate of drug-likeness (QED) is 0.534. The van der Waals surface area contributed by atoms with Gasteiger partial charge in [0, 0.05) is 13.7 Å². The minimum Gasteiger partial charge on any atom is -0.383 e. The molecule has 2 nitrogen and oxygen atoms in total. The zero-order valence-electron chi connectivity index (χ0n) is 10.8. The van der Waals surface area contributed by atoms with E-state index >= 15 is 0 Å². The standard InChI is InChI=1S/C13H29NO/c1-4-6-7-9-13(8-5-2)12-14-10-11-15-3/h13-14H,4-12H2,1-3H3. The lowest BCUT2D eigenvalue weighted by atomic mass is 9.96. The van der Waals surface area contributed by atoms with E-state index in [2.05, 4.69) is 19.2 Å². The molecule has 1 atom stereocenters. The van der Waals surface area contributed by atoms with Gasteiger partial charge in [-0.15, -0.1) is 0 Å². The number of unbranched alkanes of at least 4 members (excludes halogenated alkanes) is 2. The van der Waals surface area contributed by atoms with Crippen LogP contribution in [0.15, 0.2) is 0 Å². The van der Waals surface area contributed by atoms with Crippen LogP contribution < -0.4 is 5.32 Å². The molecule has 0 aromatic heterocycles. The van der Waals surface area contributed by atoms with Crippen molar-refractivity contribution in [1.29, 1.82) is 0 Å². The van der Waals surface area contributed by atoms with Gasteiger partial charge in [-0.2, -0.15) is 0 Å². The second kappa shape index (κ2) is 12.0. The van der Waals surface area contributed by atoms with Gasteiger partial charge >= 0.3 is 0 Å². The summed E-state index contributed by atoms with van der Waals surface area (Å²) in [5.74, 6) is 0.874. The van der Waals surface area contributed by atoms with Crippen molar-refractivity contribution in [2.24, 2.45) is 5.92 Å². The summed E-state index contributed by atoms with van der Waals surface area (Å²) in [5, 5.41) is 3.47. The predicted octanol–water partition coefficient (Wildman–Crippen LogP) is 3.22. The molecule has 0 saturated heterocycles. The third-order valence-electron chi connectivity index (χ3n) is 2.83. The van der Waals surface area contributed by atoms with E-state index in [-0.39, 0.29) is 0 Å². The van der Waals surface area contributed by atoms with Gasteiger partial charge in [0.2, 0.25) is 0 Å². The maximum Gasteiger partial charge on any atom is 0.0587 e. The molecule has 2 heteroatoms. The second-order valence-electron chi connectivity index (χ2n) is 4.35. The van der Waals surface area contributed by atoms with E-state index in [1.54, 1.807) is 7.11 Å². The molecule has 0 radical (unpaired) electrons. The summed E-state index contributed by atoms with van der Waals surface area (Å²) >= 11 is 0. The first kappa shape index (κ1) is 14.9. The molecule has 1 unspecified atom stereocenters. The van der Waals surface area contributed by atoms with Crippen molar-refractivity contribution in [3.8, 4) is 0 Å². The van der Waals surface area contributed by atoms with Crippen molar-refractivity contribution in [3.05, 3.63) is 0 Å². The Morgan fingerprint density at radius 2 is 1.87 bits per heavy atom. The number of hydrogen-bond donors (Lipinski definition) is 1. The van der Waals surface area contributed by atoms with E-state index in [0.29, 0.717) is 0 Å². The smallest absolute Gasteiger partial charge is 0.0587 e. The third kappa shape index (κ3) is 10.2. The average molecular weight is 215 g/mol. The number of hydrogen-bond acceptors (Lipinski definition) is 2. The summed E-state index contributed by atoms with van der Waals surface area (Å²) < 4.78 is 5.02. The topological polar surface area (TPSA) is 21.3 Å². The van der Waals surface area contributed by atoms with Gasteiger partial charge < -0.3 is 10.1 Å². The Morgan fingerprint density at radius 1 is 1.07 bits per heavy atom. The Kier molecular flexibility index (Phi) is 11.9. The lowest BCUT2D eigenvalue weighted by Gasteiger charge is -2.16. The molecule has 92 valence electrons. The van der Waals surface area contributed by atoms with E-state index in [0.717, 1.165) is 19.1 Å². The number of nitrogens with one attached hydrogen (secondary N) is 1. The van der Waals surface area contributed by atoms with Crippen molar-refractivity contribution < 1.29 is 4.74 Å². The zero-order chi connectivity index (χ0) is 11.4. The molecule has 15 heavy (non-hydrogen) atoms. The van der Waals surface area contributed by atoms with Crippen LogP contribution >= 0.6 is 0 Å². The molecule has 0 heterocycles. The third-order valence-corrected chi connectivity index (χ3v) is 2.83. The first-order valence-corrected chi connectivity index (χ1v) is 6.54. The first-order chi connectivity index (χ1) is 7.35. The van der Waals surface area contributed by atoms with Crippen molar-refractivity contribution in [2.45, 2.75) is 52.4 Å². The summed E-state index contributed by atoms with van der Waals surface area (Å²) in [6.07, 6.45) is 8.18. The molecule has 0 fully saturated rings. The Morgan fingerprint density at radius 3 is 2.47 bits per heavy atom. The predicted molar refractivity (Wildman–Crippen MR) is 67.3 cm³/mol. The minimum atomic E-state index is 0.827. The van der Waals surface area contributed by atoms with Crippen LogP contribution in [-0.2, 0) is 4.74 Å². The highest BCUT2D eigenvalue weighted by molar-refractivity contribution is 4.62. The molecule has 0 bridgehead atoms. The highest BCUT2D eigenvalue weighted by Gasteiger charge is 2.06. The monoisotopic (exact) mass is 215 g/mol. The van der Waals surface area contributed by atoms with Gasteiger partial charge in [-0.25, -0.2) is 0 Å². The summed E-state index contributed by atoms with van der Waals surface area (Å²) in [4.78, 5) is 0. The van der Waals surface area contributed by atoms with Crippen LogP contribution in [0.2, 0.25) is 0 Å². The van der Waals surface area contributed by atoms with E-state index < -0.39 is 0 Å². The van der Waals surface area contributed by atoms with Gasteiger partial charge in [0.25, 0.3) is 0 Å². The van der Waals surface area contributed by atoms with Crippen molar-refractivity contribution in [1.82, 2.24) is 5.32 Å². The summed E-state index contributed by atoms with van der Waals surface area (Å²) in [6.45, 7) is 7.53. The summed E-state index contributed by atoms with van der Waals surface area (Å²) in [7, 11) is 1.76. The van der Waals surface area contributed by atoms with Crippen LogP contribution in [0.25, 0.3) is 0 Å². The molecule has 0 amide bonds. The van der Waals surface area contributed by atoms with Crippen molar-refractivity contribution >= 4 is 0 Å². The lowest BCUT2D eigenvalue weighted by molar-refractivity contribution is 0.197. The maximum absolute atomic E-state index is 5.02. The molecule has 0 aromatic rings. The number of ether oxygens (including phenoxy) is 1. The van der Waals surface area contributed by atoms with Crippen LogP contribution in [0.3, 0.4) is 0 Å². The van der Waals surface area contributed by atoms with Crippen LogP contribution in [0.5, 0.6) is 0 Å². The first-order valence-electron chi connectivity index (χ1n) is 6.54. The van der Waals surface area contributed by atoms with E-state index in [1.165, 1.54) is 45.1 Å². The van der Waals surface area contributed by atoms with Gasteiger partial charge in [-0.1, -0.05) is 39.5 Å². The summed E-state index contributed by atoms with van der Waals surface area (Å²) in [5.41, 5.74) is 0. The van der Waals surface area contributed by atoms with Crippen molar-refractivity contribution in [3.63, 3.8) is 0 Å². The molecular weight excluding hydrogens is 186 g/mol. The molecule has 0 aromatic carbocycles. The average Bonchev–Trinajstić information content (AvgIpc) is 2.24. The fraction of sp³-hybridized carbons (Fsp3) is 1.00. The Bertz CT molecular complexity index is 117. The lowest BCUT2D eigenvalue weighted by Crippen LogP contribution is -2.26. The molecule has 0 saturated carbocycles. The minimum absolute atomic E-state index is 0.827. The number of rotatable bonds is 11. The second-order valence-corrected chi connectivity index (χ2v) is 4.35. The van der Waals surface area contributed by atoms with Crippen molar-refractivity contribution in [2.75, 3.05) is 26.8 Å². The zero-order valence-corrected chi connectivity index (χ0v) is 10.8. The van der Waals surface area contributed by atoms with Crippen LogP contribution in [-0.4, -0.2) is 26.8 Å². The van der Waals surface area contributed by atoms with Crippen LogP contribution in [0, 0.1) is 5.92 Å². The SMILES string of the molecule is CCCCCC(CCC)CNCCOC. The largest absolute Gasteiger partial charge is 0.383 e. The molecule has 1 N–H and O–H groups in total. The Labute approximate surface area is 95.8 Å². The molecular formula is C13H29NO. The molecule has 0 aliphatic heterocycles. The highest BCUT2D eigenvalue weighted by Crippen LogP contribution is 2.14. The van der Waals surface area contributed by atoms with E-state index in [4.69, 9.17) is 4.74 Å². The fourth-order valence-corrected chi connectivity index (χ4v) is 1.92. The maximum atomic E-state index is 5.02. The van der Waals surface area contributed by atoms with Gasteiger partial charge in [0.05, 0.1) is 6.61 Å². The van der Waals surface area contributed by atoms with Gasteiger partial charge in [0.15, 0.2) is 0 Å². The molecule has 0 aliphatic rings. The normalized spacial score (nSPS) is 13.0. The highest BCUT2D eigenvalue weighted by atomic mass is 16.5.